The molecule has 2 aromatic carbocycles. The molecule has 20 heavy (non-hydrogen) atoms. The normalized spacial score (nSPS) is 10.7. The van der Waals surface area contributed by atoms with Gasteiger partial charge in [0.2, 0.25) is 0 Å². The number of benzene rings is 2. The first-order valence-corrected chi connectivity index (χ1v) is 6.22. The molecule has 0 unspecified atom stereocenters. The first-order valence-electron chi connectivity index (χ1n) is 6.22. The molecule has 1 heterocycles. The van der Waals surface area contributed by atoms with E-state index in [9.17, 15) is 9.90 Å². The molecule has 0 fully saturated rings. The molecule has 1 aromatic heterocycles. The van der Waals surface area contributed by atoms with Crippen molar-refractivity contribution in [1.29, 1.82) is 0 Å². The Morgan fingerprint density at radius 3 is 2.80 bits per heavy atom. The van der Waals surface area contributed by atoms with Crippen LogP contribution in [0.3, 0.4) is 0 Å². The zero-order chi connectivity index (χ0) is 14.1. The predicted molar refractivity (Wildman–Crippen MR) is 77.0 cm³/mol. The van der Waals surface area contributed by atoms with E-state index in [-0.39, 0.29) is 17.4 Å². The average molecular weight is 267 g/mol. The molecule has 100 valence electrons. The second kappa shape index (κ2) is 4.74. The molecule has 2 N–H and O–H groups in total. The van der Waals surface area contributed by atoms with E-state index in [1.807, 2.05) is 25.1 Å². The Kier molecular flexibility index (Phi) is 2.91. The molecule has 3 rings (SSSR count). The SMILES string of the molecule is Cc1ccc2oc(C(=O)Nc3cccc(O)c3)cc2c1. The van der Waals surface area contributed by atoms with Crippen LogP contribution in [-0.2, 0) is 0 Å². The van der Waals surface area contributed by atoms with Crippen molar-refractivity contribution in [2.24, 2.45) is 0 Å². The number of furan rings is 1. The summed E-state index contributed by atoms with van der Waals surface area (Å²) in [5.74, 6) is 0.00132. The number of hydrogen-bond acceptors (Lipinski definition) is 3. The van der Waals surface area contributed by atoms with Gasteiger partial charge >= 0.3 is 0 Å². The summed E-state index contributed by atoms with van der Waals surface area (Å²) in [5.41, 5.74) is 2.31. The number of phenolic OH excluding ortho intramolecular Hbond substituents is 1. The fourth-order valence-electron chi connectivity index (χ4n) is 2.05. The minimum atomic E-state index is -0.343. The molecule has 0 atom stereocenters. The van der Waals surface area contributed by atoms with Crippen molar-refractivity contribution in [2.45, 2.75) is 6.92 Å². The third-order valence-electron chi connectivity index (χ3n) is 3.00. The van der Waals surface area contributed by atoms with Gasteiger partial charge in [-0.3, -0.25) is 4.79 Å². The van der Waals surface area contributed by atoms with Gasteiger partial charge in [0.25, 0.3) is 5.91 Å². The van der Waals surface area contributed by atoms with Crippen LogP contribution < -0.4 is 5.32 Å². The second-order valence-corrected chi connectivity index (χ2v) is 4.66. The molecule has 0 bridgehead atoms. The van der Waals surface area contributed by atoms with E-state index < -0.39 is 0 Å². The number of aromatic hydroxyl groups is 1. The number of phenols is 1. The van der Waals surface area contributed by atoms with Crippen LogP contribution in [-0.4, -0.2) is 11.0 Å². The Hall–Kier alpha value is -2.75. The Labute approximate surface area is 115 Å². The first-order chi connectivity index (χ1) is 9.61. The predicted octanol–water partition coefficient (Wildman–Crippen LogP) is 3.70. The molecule has 1 amide bonds. The summed E-state index contributed by atoms with van der Waals surface area (Å²) in [7, 11) is 0. The maximum absolute atomic E-state index is 12.1. The summed E-state index contributed by atoms with van der Waals surface area (Å²) in [6.07, 6.45) is 0. The number of hydrogen-bond donors (Lipinski definition) is 2. The second-order valence-electron chi connectivity index (χ2n) is 4.66. The highest BCUT2D eigenvalue weighted by Gasteiger charge is 2.12. The zero-order valence-electron chi connectivity index (χ0n) is 10.9. The topological polar surface area (TPSA) is 62.5 Å². The van der Waals surface area contributed by atoms with E-state index in [1.54, 1.807) is 24.3 Å². The summed E-state index contributed by atoms with van der Waals surface area (Å²) in [6.45, 7) is 1.99. The highest BCUT2D eigenvalue weighted by atomic mass is 16.3. The van der Waals surface area contributed by atoms with Crippen molar-refractivity contribution >= 4 is 22.6 Å². The number of amides is 1. The van der Waals surface area contributed by atoms with Gasteiger partial charge in [-0.05, 0) is 37.3 Å². The van der Waals surface area contributed by atoms with Gasteiger partial charge in [-0.1, -0.05) is 17.7 Å². The van der Waals surface area contributed by atoms with Crippen LogP contribution in [0.2, 0.25) is 0 Å². The van der Waals surface area contributed by atoms with Gasteiger partial charge in [0.15, 0.2) is 5.76 Å². The zero-order valence-corrected chi connectivity index (χ0v) is 10.9. The Bertz CT molecular complexity index is 789. The van der Waals surface area contributed by atoms with Crippen molar-refractivity contribution in [1.82, 2.24) is 0 Å². The van der Waals surface area contributed by atoms with E-state index in [4.69, 9.17) is 4.42 Å². The van der Waals surface area contributed by atoms with Crippen molar-refractivity contribution < 1.29 is 14.3 Å². The van der Waals surface area contributed by atoms with Gasteiger partial charge in [-0.2, -0.15) is 0 Å². The van der Waals surface area contributed by atoms with Crippen molar-refractivity contribution in [3.05, 3.63) is 59.9 Å². The summed E-state index contributed by atoms with van der Waals surface area (Å²) >= 11 is 0. The lowest BCUT2D eigenvalue weighted by Crippen LogP contribution is -2.10. The highest BCUT2D eigenvalue weighted by Crippen LogP contribution is 2.22. The maximum atomic E-state index is 12.1. The third-order valence-corrected chi connectivity index (χ3v) is 3.00. The largest absolute Gasteiger partial charge is 0.508 e. The molecule has 0 aliphatic heterocycles. The van der Waals surface area contributed by atoms with Gasteiger partial charge < -0.3 is 14.8 Å². The van der Waals surface area contributed by atoms with E-state index >= 15 is 0 Å². The smallest absolute Gasteiger partial charge is 0.291 e. The monoisotopic (exact) mass is 267 g/mol. The molecule has 4 heteroatoms. The van der Waals surface area contributed by atoms with E-state index in [1.165, 1.54) is 6.07 Å². The minimum absolute atomic E-state index is 0.100. The van der Waals surface area contributed by atoms with Gasteiger partial charge in [0, 0.05) is 17.1 Å². The van der Waals surface area contributed by atoms with Crippen LogP contribution in [0.25, 0.3) is 11.0 Å². The number of nitrogens with one attached hydrogen (secondary N) is 1. The molecule has 0 radical (unpaired) electrons. The third kappa shape index (κ3) is 2.36. The van der Waals surface area contributed by atoms with Crippen LogP contribution in [0, 0.1) is 6.92 Å². The number of anilines is 1. The fraction of sp³-hybridized carbons (Fsp3) is 0.0625. The molecule has 0 aliphatic rings. The molecule has 0 saturated heterocycles. The van der Waals surface area contributed by atoms with Crippen molar-refractivity contribution in [2.75, 3.05) is 5.32 Å². The average Bonchev–Trinajstić information content (AvgIpc) is 2.81. The molecular formula is C16H13NO3. The Morgan fingerprint density at radius 1 is 1.15 bits per heavy atom. The summed E-state index contributed by atoms with van der Waals surface area (Å²) in [6, 6.07) is 13.8. The molecule has 0 saturated carbocycles. The van der Waals surface area contributed by atoms with Gasteiger partial charge in [0.1, 0.15) is 11.3 Å². The number of aryl methyl sites for hydroxylation is 1. The fourth-order valence-corrected chi connectivity index (χ4v) is 2.05. The van der Waals surface area contributed by atoms with Crippen LogP contribution in [0.15, 0.2) is 52.9 Å². The van der Waals surface area contributed by atoms with Crippen LogP contribution in [0.1, 0.15) is 16.1 Å². The van der Waals surface area contributed by atoms with E-state index in [0.29, 0.717) is 11.3 Å². The van der Waals surface area contributed by atoms with E-state index in [0.717, 1.165) is 10.9 Å². The standard InChI is InChI=1S/C16H13NO3/c1-10-5-6-14-11(7-10)8-15(20-14)16(19)17-12-3-2-4-13(18)9-12/h2-9,18H,1H3,(H,17,19). The Balaban J connectivity index is 1.88. The minimum Gasteiger partial charge on any atom is -0.508 e. The van der Waals surface area contributed by atoms with Crippen LogP contribution in [0.5, 0.6) is 5.75 Å². The lowest BCUT2D eigenvalue weighted by Gasteiger charge is -2.02. The van der Waals surface area contributed by atoms with Crippen molar-refractivity contribution in [3.63, 3.8) is 0 Å². The van der Waals surface area contributed by atoms with Crippen molar-refractivity contribution in [3.8, 4) is 5.75 Å². The summed E-state index contributed by atoms with van der Waals surface area (Å²) in [4.78, 5) is 12.1. The van der Waals surface area contributed by atoms with Gasteiger partial charge in [0.05, 0.1) is 0 Å². The van der Waals surface area contributed by atoms with Gasteiger partial charge in [-0.25, -0.2) is 0 Å². The molecular weight excluding hydrogens is 254 g/mol. The highest BCUT2D eigenvalue weighted by molar-refractivity contribution is 6.04. The van der Waals surface area contributed by atoms with Crippen LogP contribution >= 0.6 is 0 Å². The van der Waals surface area contributed by atoms with Crippen LogP contribution in [0.4, 0.5) is 5.69 Å². The quantitative estimate of drug-likeness (QED) is 0.744. The number of carbonyl (C=O) groups is 1. The lowest BCUT2D eigenvalue weighted by atomic mass is 10.2. The summed E-state index contributed by atoms with van der Waals surface area (Å²) in [5, 5.41) is 12.9. The number of carbonyl (C=O) groups excluding carboxylic acids is 1. The van der Waals surface area contributed by atoms with Gasteiger partial charge in [-0.15, -0.1) is 0 Å². The molecule has 0 aliphatic carbocycles. The first kappa shape index (κ1) is 12.3. The molecule has 0 spiro atoms. The number of rotatable bonds is 2. The lowest BCUT2D eigenvalue weighted by molar-refractivity contribution is 0.0998. The molecule has 4 nitrogen and oxygen atoms in total. The Morgan fingerprint density at radius 2 is 2.00 bits per heavy atom. The summed E-state index contributed by atoms with van der Waals surface area (Å²) < 4.78 is 5.51. The maximum Gasteiger partial charge on any atom is 0.291 e. The molecule has 3 aromatic rings. The number of fused-ring (bicyclic) bond motifs is 1. The van der Waals surface area contributed by atoms with E-state index in [2.05, 4.69) is 5.32 Å².